The SMILES string of the molecule is NC1(c2ccc3n[nH]c(C4CC4)c3c2)CC1. The van der Waals surface area contributed by atoms with Crippen LogP contribution in [0, 0.1) is 0 Å². The van der Waals surface area contributed by atoms with Gasteiger partial charge in [0.25, 0.3) is 0 Å². The van der Waals surface area contributed by atoms with Gasteiger partial charge in [-0.1, -0.05) is 6.07 Å². The summed E-state index contributed by atoms with van der Waals surface area (Å²) in [5.74, 6) is 0.716. The van der Waals surface area contributed by atoms with Crippen molar-refractivity contribution in [2.75, 3.05) is 0 Å². The smallest absolute Gasteiger partial charge is 0.0924 e. The summed E-state index contributed by atoms with van der Waals surface area (Å²) in [5.41, 5.74) is 9.88. The molecule has 0 aliphatic heterocycles. The Morgan fingerprint density at radius 1 is 1.31 bits per heavy atom. The molecular formula is C13H15N3. The fourth-order valence-corrected chi connectivity index (χ4v) is 2.45. The van der Waals surface area contributed by atoms with Crippen molar-refractivity contribution in [3.05, 3.63) is 29.5 Å². The first-order chi connectivity index (χ1) is 7.76. The molecule has 82 valence electrons. The van der Waals surface area contributed by atoms with Gasteiger partial charge in [0.15, 0.2) is 0 Å². The van der Waals surface area contributed by atoms with Gasteiger partial charge in [0.05, 0.1) is 5.52 Å². The highest BCUT2D eigenvalue weighted by atomic mass is 15.1. The number of hydrogen-bond donors (Lipinski definition) is 2. The lowest BCUT2D eigenvalue weighted by molar-refractivity contribution is 0.741. The van der Waals surface area contributed by atoms with Crippen LogP contribution in [0.25, 0.3) is 10.9 Å². The van der Waals surface area contributed by atoms with E-state index in [9.17, 15) is 0 Å². The minimum Gasteiger partial charge on any atom is -0.321 e. The Bertz CT molecular complexity index is 562. The van der Waals surface area contributed by atoms with E-state index in [0.717, 1.165) is 18.4 Å². The lowest BCUT2D eigenvalue weighted by atomic mass is 10.0. The summed E-state index contributed by atoms with van der Waals surface area (Å²) in [6, 6.07) is 6.48. The average molecular weight is 213 g/mol. The molecule has 3 nitrogen and oxygen atoms in total. The molecule has 2 fully saturated rings. The topological polar surface area (TPSA) is 54.7 Å². The third-order valence-corrected chi connectivity index (χ3v) is 3.93. The first-order valence-electron chi connectivity index (χ1n) is 6.04. The van der Waals surface area contributed by atoms with Gasteiger partial charge in [-0.15, -0.1) is 0 Å². The first kappa shape index (κ1) is 8.76. The van der Waals surface area contributed by atoms with Crippen molar-refractivity contribution in [2.24, 2.45) is 5.73 Å². The van der Waals surface area contributed by atoms with Crippen molar-refractivity contribution in [3.8, 4) is 0 Å². The molecule has 2 aliphatic rings. The molecule has 4 rings (SSSR count). The van der Waals surface area contributed by atoms with Crippen molar-refractivity contribution in [2.45, 2.75) is 37.1 Å². The minimum atomic E-state index is -0.0354. The number of aromatic nitrogens is 2. The van der Waals surface area contributed by atoms with Gasteiger partial charge in [0.1, 0.15) is 0 Å². The van der Waals surface area contributed by atoms with Crippen LogP contribution in [0.5, 0.6) is 0 Å². The Balaban J connectivity index is 1.91. The highest BCUT2D eigenvalue weighted by molar-refractivity contribution is 5.83. The van der Waals surface area contributed by atoms with Gasteiger partial charge in [0, 0.05) is 22.5 Å². The number of nitrogens with one attached hydrogen (secondary N) is 1. The Kier molecular flexibility index (Phi) is 1.46. The van der Waals surface area contributed by atoms with Crippen molar-refractivity contribution in [1.82, 2.24) is 10.2 Å². The molecule has 0 unspecified atom stereocenters. The molecule has 0 spiro atoms. The second-order valence-corrected chi connectivity index (χ2v) is 5.30. The van der Waals surface area contributed by atoms with Crippen LogP contribution in [-0.2, 0) is 5.54 Å². The molecule has 16 heavy (non-hydrogen) atoms. The lowest BCUT2D eigenvalue weighted by Gasteiger charge is -2.08. The molecule has 0 saturated heterocycles. The molecule has 0 bridgehead atoms. The quantitative estimate of drug-likeness (QED) is 0.804. The highest BCUT2D eigenvalue weighted by Crippen LogP contribution is 2.45. The summed E-state index contributed by atoms with van der Waals surface area (Å²) >= 11 is 0. The van der Waals surface area contributed by atoms with Crippen LogP contribution in [-0.4, -0.2) is 10.2 Å². The van der Waals surface area contributed by atoms with Gasteiger partial charge in [-0.3, -0.25) is 5.10 Å². The van der Waals surface area contributed by atoms with Gasteiger partial charge >= 0.3 is 0 Å². The van der Waals surface area contributed by atoms with Crippen LogP contribution in [0.4, 0.5) is 0 Å². The maximum absolute atomic E-state index is 6.24. The number of aromatic amines is 1. The molecule has 1 aromatic heterocycles. The van der Waals surface area contributed by atoms with Crippen LogP contribution < -0.4 is 5.73 Å². The van der Waals surface area contributed by atoms with Gasteiger partial charge in [-0.05, 0) is 43.4 Å². The van der Waals surface area contributed by atoms with Gasteiger partial charge in [-0.25, -0.2) is 0 Å². The van der Waals surface area contributed by atoms with E-state index in [2.05, 4.69) is 28.4 Å². The molecule has 2 aromatic rings. The van der Waals surface area contributed by atoms with Gasteiger partial charge < -0.3 is 5.73 Å². The lowest BCUT2D eigenvalue weighted by Crippen LogP contribution is -2.18. The predicted octanol–water partition coefficient (Wildman–Crippen LogP) is 2.39. The van der Waals surface area contributed by atoms with E-state index in [1.165, 1.54) is 29.5 Å². The zero-order valence-electron chi connectivity index (χ0n) is 9.16. The van der Waals surface area contributed by atoms with E-state index in [-0.39, 0.29) is 5.54 Å². The molecule has 1 aromatic carbocycles. The normalized spacial score (nSPS) is 22.6. The second-order valence-electron chi connectivity index (χ2n) is 5.30. The Morgan fingerprint density at radius 3 is 2.81 bits per heavy atom. The molecule has 3 heteroatoms. The number of rotatable bonds is 2. The summed E-state index contributed by atoms with van der Waals surface area (Å²) in [5, 5.41) is 8.83. The Labute approximate surface area is 94.0 Å². The first-order valence-corrected chi connectivity index (χ1v) is 6.04. The summed E-state index contributed by atoms with van der Waals surface area (Å²) in [7, 11) is 0. The van der Waals surface area contributed by atoms with Crippen molar-refractivity contribution in [1.29, 1.82) is 0 Å². The molecule has 3 N–H and O–H groups in total. The van der Waals surface area contributed by atoms with Crippen LogP contribution >= 0.6 is 0 Å². The van der Waals surface area contributed by atoms with E-state index >= 15 is 0 Å². The van der Waals surface area contributed by atoms with Crippen molar-refractivity contribution in [3.63, 3.8) is 0 Å². The van der Waals surface area contributed by atoms with E-state index in [4.69, 9.17) is 5.73 Å². The number of fused-ring (bicyclic) bond motifs is 1. The molecule has 0 amide bonds. The number of nitrogens with two attached hydrogens (primary N) is 1. The van der Waals surface area contributed by atoms with Crippen LogP contribution in [0.15, 0.2) is 18.2 Å². The zero-order chi connectivity index (χ0) is 10.8. The maximum atomic E-state index is 6.24. The van der Waals surface area contributed by atoms with Gasteiger partial charge in [-0.2, -0.15) is 5.10 Å². The van der Waals surface area contributed by atoms with Crippen molar-refractivity contribution < 1.29 is 0 Å². The molecule has 2 saturated carbocycles. The summed E-state index contributed by atoms with van der Waals surface area (Å²) in [4.78, 5) is 0. The van der Waals surface area contributed by atoms with E-state index in [1.54, 1.807) is 0 Å². The largest absolute Gasteiger partial charge is 0.321 e. The summed E-state index contributed by atoms with van der Waals surface area (Å²) in [6.45, 7) is 0. The third kappa shape index (κ3) is 1.15. The fourth-order valence-electron chi connectivity index (χ4n) is 2.45. The average Bonchev–Trinajstić information content (AvgIpc) is 3.21. The standard InChI is InChI=1S/C13H15N3/c14-13(5-6-13)9-3-4-11-10(7-9)12(16-15-11)8-1-2-8/h3-4,7-8H,1-2,5-6,14H2,(H,15,16). The van der Waals surface area contributed by atoms with Gasteiger partial charge in [0.2, 0.25) is 0 Å². The molecular weight excluding hydrogens is 198 g/mol. The van der Waals surface area contributed by atoms with E-state index in [0.29, 0.717) is 5.92 Å². The summed E-state index contributed by atoms with van der Waals surface area (Å²) in [6.07, 6.45) is 4.84. The van der Waals surface area contributed by atoms with Crippen molar-refractivity contribution >= 4 is 10.9 Å². The third-order valence-electron chi connectivity index (χ3n) is 3.93. The zero-order valence-corrected chi connectivity index (χ0v) is 9.16. The number of H-pyrrole nitrogens is 1. The molecule has 1 heterocycles. The predicted molar refractivity (Wildman–Crippen MR) is 63.2 cm³/mol. The van der Waals surface area contributed by atoms with E-state index < -0.39 is 0 Å². The van der Waals surface area contributed by atoms with Crippen LogP contribution in [0.3, 0.4) is 0 Å². The highest BCUT2D eigenvalue weighted by Gasteiger charge is 2.40. The fraction of sp³-hybridized carbons (Fsp3) is 0.462. The monoisotopic (exact) mass is 213 g/mol. The summed E-state index contributed by atoms with van der Waals surface area (Å²) < 4.78 is 0. The maximum Gasteiger partial charge on any atom is 0.0924 e. The number of hydrogen-bond acceptors (Lipinski definition) is 2. The number of benzene rings is 1. The molecule has 0 radical (unpaired) electrons. The molecule has 2 aliphatic carbocycles. The van der Waals surface area contributed by atoms with E-state index in [1.807, 2.05) is 0 Å². The van der Waals surface area contributed by atoms with Crippen LogP contribution in [0.2, 0.25) is 0 Å². The number of nitrogens with zero attached hydrogens (tertiary/aromatic N) is 1. The Hall–Kier alpha value is -1.35. The second kappa shape index (κ2) is 2.66. The minimum absolute atomic E-state index is 0.0354. The van der Waals surface area contributed by atoms with Crippen LogP contribution in [0.1, 0.15) is 42.9 Å². The Morgan fingerprint density at radius 2 is 2.12 bits per heavy atom. The molecule has 0 atom stereocenters.